The topological polar surface area (TPSA) is 85.7 Å². The third kappa shape index (κ3) is 2.34. The number of rotatable bonds is 3. The fraction of sp³-hybridized carbons (Fsp3) is 0.0833. The monoisotopic (exact) mass is 285 g/mol. The molecule has 0 bridgehead atoms. The average Bonchev–Trinajstić information content (AvgIpc) is 2.71. The van der Waals surface area contributed by atoms with Crippen LogP contribution in [0.4, 0.5) is 10.1 Å². The summed E-state index contributed by atoms with van der Waals surface area (Å²) in [5.41, 5.74) is 5.76. The molecule has 0 radical (unpaired) electrons. The van der Waals surface area contributed by atoms with Crippen molar-refractivity contribution in [2.45, 2.75) is 0 Å². The number of carbonyl (C=O) groups is 1. The van der Waals surface area contributed by atoms with Crippen LogP contribution in [0.2, 0.25) is 5.02 Å². The largest absolute Gasteiger partial charge is 0.494 e. The number of anilines is 1. The zero-order valence-corrected chi connectivity index (χ0v) is 10.5. The number of ether oxygens (including phenoxy) is 1. The van der Waals surface area contributed by atoms with Gasteiger partial charge < -0.3 is 20.0 Å². The maximum atomic E-state index is 13.4. The molecule has 100 valence electrons. The van der Waals surface area contributed by atoms with E-state index >= 15 is 0 Å². The van der Waals surface area contributed by atoms with Crippen LogP contribution in [0.5, 0.6) is 5.75 Å². The number of carboxylic acids is 1. The standard InChI is InChI=1S/C12H9ClFNO4/c1-18-10-2-5(6(13)3-7(10)14)9-4-8(15)11(19-9)12(16)17/h2-4H,15H2,1H3,(H,16,17). The summed E-state index contributed by atoms with van der Waals surface area (Å²) in [7, 11) is 1.30. The van der Waals surface area contributed by atoms with Gasteiger partial charge in [0.25, 0.3) is 0 Å². The molecule has 1 heterocycles. The molecular weight excluding hydrogens is 277 g/mol. The van der Waals surface area contributed by atoms with Crippen LogP contribution in [-0.4, -0.2) is 18.2 Å². The molecule has 0 aliphatic heterocycles. The van der Waals surface area contributed by atoms with E-state index in [1.54, 1.807) is 0 Å². The first-order chi connectivity index (χ1) is 8.93. The van der Waals surface area contributed by atoms with Crippen LogP contribution < -0.4 is 10.5 Å². The highest BCUT2D eigenvalue weighted by Gasteiger charge is 2.19. The molecule has 0 aliphatic carbocycles. The third-order valence-corrected chi connectivity index (χ3v) is 2.77. The van der Waals surface area contributed by atoms with Gasteiger partial charge in [0.15, 0.2) is 11.6 Å². The lowest BCUT2D eigenvalue weighted by Crippen LogP contribution is -1.97. The summed E-state index contributed by atoms with van der Waals surface area (Å²) in [6.45, 7) is 0. The molecule has 2 rings (SSSR count). The first-order valence-electron chi connectivity index (χ1n) is 5.10. The molecule has 0 unspecified atom stereocenters. The van der Waals surface area contributed by atoms with Gasteiger partial charge in [-0.1, -0.05) is 11.6 Å². The van der Waals surface area contributed by atoms with Crippen molar-refractivity contribution in [1.82, 2.24) is 0 Å². The highest BCUT2D eigenvalue weighted by Crippen LogP contribution is 2.36. The van der Waals surface area contributed by atoms with Gasteiger partial charge in [0.2, 0.25) is 5.76 Å². The van der Waals surface area contributed by atoms with Crippen LogP contribution in [0.3, 0.4) is 0 Å². The Morgan fingerprint density at radius 2 is 2.16 bits per heavy atom. The second-order valence-corrected chi connectivity index (χ2v) is 4.07. The van der Waals surface area contributed by atoms with Crippen LogP contribution in [0.1, 0.15) is 10.6 Å². The van der Waals surface area contributed by atoms with Crippen molar-refractivity contribution >= 4 is 23.3 Å². The van der Waals surface area contributed by atoms with Crippen LogP contribution >= 0.6 is 11.6 Å². The Morgan fingerprint density at radius 3 is 2.68 bits per heavy atom. The SMILES string of the molecule is COc1cc(-c2cc(N)c(C(=O)O)o2)c(Cl)cc1F. The average molecular weight is 286 g/mol. The van der Waals surface area contributed by atoms with E-state index < -0.39 is 17.5 Å². The van der Waals surface area contributed by atoms with Crippen LogP contribution in [0.15, 0.2) is 22.6 Å². The fourth-order valence-electron chi connectivity index (χ4n) is 1.58. The third-order valence-electron chi connectivity index (χ3n) is 2.46. The maximum absolute atomic E-state index is 13.4. The molecule has 0 saturated carbocycles. The number of aromatic carboxylic acids is 1. The zero-order valence-electron chi connectivity index (χ0n) is 9.74. The molecule has 0 saturated heterocycles. The second-order valence-electron chi connectivity index (χ2n) is 3.67. The first kappa shape index (κ1) is 13.2. The normalized spacial score (nSPS) is 10.5. The quantitative estimate of drug-likeness (QED) is 0.905. The summed E-state index contributed by atoms with van der Waals surface area (Å²) in [6.07, 6.45) is 0. The van der Waals surface area contributed by atoms with Gasteiger partial charge in [-0.05, 0) is 12.1 Å². The minimum atomic E-state index is -1.30. The predicted octanol–water partition coefficient (Wildman–Crippen LogP) is 3.03. The Hall–Kier alpha value is -2.21. The summed E-state index contributed by atoms with van der Waals surface area (Å²) < 4.78 is 23.3. The van der Waals surface area contributed by atoms with E-state index in [2.05, 4.69) is 0 Å². The van der Waals surface area contributed by atoms with Crippen molar-refractivity contribution in [3.05, 3.63) is 34.8 Å². The van der Waals surface area contributed by atoms with E-state index in [1.165, 1.54) is 19.2 Å². The first-order valence-corrected chi connectivity index (χ1v) is 5.48. The molecule has 0 atom stereocenters. The number of nitrogens with two attached hydrogens (primary N) is 1. The van der Waals surface area contributed by atoms with Crippen LogP contribution in [0.25, 0.3) is 11.3 Å². The van der Waals surface area contributed by atoms with Gasteiger partial charge in [0.1, 0.15) is 5.76 Å². The molecule has 3 N–H and O–H groups in total. The Bertz CT molecular complexity index is 653. The lowest BCUT2D eigenvalue weighted by Gasteiger charge is -2.06. The molecule has 1 aromatic heterocycles. The highest BCUT2D eigenvalue weighted by atomic mass is 35.5. The lowest BCUT2D eigenvalue weighted by atomic mass is 10.1. The van der Waals surface area contributed by atoms with Crippen molar-refractivity contribution in [2.75, 3.05) is 12.8 Å². The van der Waals surface area contributed by atoms with Gasteiger partial charge in [-0.2, -0.15) is 0 Å². The number of methoxy groups -OCH3 is 1. The van der Waals surface area contributed by atoms with Gasteiger partial charge in [0.05, 0.1) is 17.8 Å². The Kier molecular flexibility index (Phi) is 3.35. The van der Waals surface area contributed by atoms with Gasteiger partial charge in [-0.25, -0.2) is 9.18 Å². The van der Waals surface area contributed by atoms with Crippen LogP contribution in [0, 0.1) is 5.82 Å². The van der Waals surface area contributed by atoms with E-state index in [4.69, 9.17) is 31.6 Å². The fourth-order valence-corrected chi connectivity index (χ4v) is 1.82. The van der Waals surface area contributed by atoms with E-state index in [0.717, 1.165) is 6.07 Å². The van der Waals surface area contributed by atoms with E-state index in [0.29, 0.717) is 5.56 Å². The molecule has 0 spiro atoms. The number of halogens is 2. The minimum absolute atomic E-state index is 0.0359. The molecule has 7 heteroatoms. The van der Waals surface area contributed by atoms with Crippen molar-refractivity contribution in [3.63, 3.8) is 0 Å². The Labute approximate surface area is 112 Å². The number of nitrogen functional groups attached to an aromatic ring is 1. The van der Waals surface area contributed by atoms with Crippen molar-refractivity contribution in [1.29, 1.82) is 0 Å². The lowest BCUT2D eigenvalue weighted by molar-refractivity contribution is 0.0665. The van der Waals surface area contributed by atoms with Crippen LogP contribution in [-0.2, 0) is 0 Å². The molecule has 1 aromatic carbocycles. The number of furan rings is 1. The number of carboxylic acid groups (broad SMARTS) is 1. The molecule has 0 fully saturated rings. The maximum Gasteiger partial charge on any atom is 0.374 e. The smallest absolute Gasteiger partial charge is 0.374 e. The summed E-state index contributed by atoms with van der Waals surface area (Å²) in [6, 6.07) is 3.67. The Balaban J connectivity index is 2.58. The van der Waals surface area contributed by atoms with E-state index in [-0.39, 0.29) is 22.2 Å². The van der Waals surface area contributed by atoms with Gasteiger partial charge in [-0.15, -0.1) is 0 Å². The summed E-state index contributed by atoms with van der Waals surface area (Å²) in [4.78, 5) is 10.8. The van der Waals surface area contributed by atoms with Crippen molar-refractivity contribution in [3.8, 4) is 17.1 Å². The minimum Gasteiger partial charge on any atom is -0.494 e. The van der Waals surface area contributed by atoms with Gasteiger partial charge in [-0.3, -0.25) is 0 Å². The second kappa shape index (κ2) is 4.81. The molecule has 2 aromatic rings. The van der Waals surface area contributed by atoms with E-state index in [1.807, 2.05) is 0 Å². The van der Waals surface area contributed by atoms with E-state index in [9.17, 15) is 9.18 Å². The Morgan fingerprint density at radius 1 is 1.47 bits per heavy atom. The summed E-state index contributed by atoms with van der Waals surface area (Å²) >= 11 is 5.89. The van der Waals surface area contributed by atoms with Crippen molar-refractivity contribution < 1.29 is 23.4 Å². The van der Waals surface area contributed by atoms with Crippen molar-refractivity contribution in [2.24, 2.45) is 0 Å². The summed E-state index contributed by atoms with van der Waals surface area (Å²) in [5, 5.41) is 8.91. The number of hydrogen-bond donors (Lipinski definition) is 2. The predicted molar refractivity (Wildman–Crippen MR) is 67.0 cm³/mol. The molecule has 0 amide bonds. The number of benzene rings is 1. The summed E-state index contributed by atoms with van der Waals surface area (Å²) in [5.74, 6) is -2.23. The zero-order chi connectivity index (χ0) is 14.2. The van der Waals surface area contributed by atoms with Gasteiger partial charge >= 0.3 is 5.97 Å². The molecular formula is C12H9ClFNO4. The van der Waals surface area contributed by atoms with Gasteiger partial charge in [0, 0.05) is 11.6 Å². The number of hydrogen-bond acceptors (Lipinski definition) is 4. The highest BCUT2D eigenvalue weighted by molar-refractivity contribution is 6.33. The molecule has 19 heavy (non-hydrogen) atoms. The molecule has 0 aliphatic rings. The molecule has 5 nitrogen and oxygen atoms in total.